The highest BCUT2D eigenvalue weighted by Crippen LogP contribution is 2.28. The summed E-state index contributed by atoms with van der Waals surface area (Å²) in [7, 11) is 4.22. The first-order valence-electron chi connectivity index (χ1n) is 8.17. The van der Waals surface area contributed by atoms with Gasteiger partial charge in [0.25, 0.3) is 0 Å². The molecule has 0 heterocycles. The predicted octanol–water partition coefficient (Wildman–Crippen LogP) is 1.44. The molecule has 2 aromatic carbocycles. The quantitative estimate of drug-likeness (QED) is 0.756. The fourth-order valence-electron chi connectivity index (χ4n) is 2.65. The highest BCUT2D eigenvalue weighted by Gasteiger charge is 2.30. The third kappa shape index (κ3) is 5.98. The topological polar surface area (TPSA) is 8.88 Å². The van der Waals surface area contributed by atoms with Crippen molar-refractivity contribution < 1.29 is 23.0 Å². The number of hydrogen-bond acceptors (Lipinski definition) is 0. The molecule has 2 nitrogen and oxygen atoms in total. The molecule has 0 bridgehead atoms. The van der Waals surface area contributed by atoms with Crippen LogP contribution in [0.5, 0.6) is 0 Å². The van der Waals surface area contributed by atoms with E-state index in [-0.39, 0.29) is 0 Å². The fraction of sp³-hybridized carbons (Fsp3) is 0.368. The fourth-order valence-corrected chi connectivity index (χ4v) is 2.65. The SMILES string of the molecule is C[NH+](C)CC[NH+](Cc1ccccc1)Cc1ccc(C(F)(F)F)cc1. The van der Waals surface area contributed by atoms with Gasteiger partial charge in [0, 0.05) is 11.1 Å². The van der Waals surface area contributed by atoms with E-state index < -0.39 is 11.7 Å². The number of halogens is 3. The molecule has 5 heteroatoms. The first-order valence-corrected chi connectivity index (χ1v) is 8.17. The van der Waals surface area contributed by atoms with Gasteiger partial charge in [-0.05, 0) is 12.1 Å². The zero-order chi connectivity index (χ0) is 17.6. The lowest BCUT2D eigenvalue weighted by molar-refractivity contribution is -0.960. The van der Waals surface area contributed by atoms with Crippen molar-refractivity contribution in [1.29, 1.82) is 0 Å². The third-order valence-electron chi connectivity index (χ3n) is 4.01. The molecular weight excluding hydrogens is 313 g/mol. The number of benzene rings is 2. The summed E-state index contributed by atoms with van der Waals surface area (Å²) in [6.07, 6.45) is -4.27. The van der Waals surface area contributed by atoms with Gasteiger partial charge in [-0.25, -0.2) is 0 Å². The summed E-state index contributed by atoms with van der Waals surface area (Å²) in [5, 5.41) is 0. The van der Waals surface area contributed by atoms with Crippen LogP contribution in [0.25, 0.3) is 0 Å². The van der Waals surface area contributed by atoms with Gasteiger partial charge >= 0.3 is 6.18 Å². The van der Waals surface area contributed by atoms with E-state index >= 15 is 0 Å². The maximum Gasteiger partial charge on any atom is 0.416 e. The minimum atomic E-state index is -4.27. The summed E-state index contributed by atoms with van der Waals surface area (Å²) >= 11 is 0. The lowest BCUT2D eigenvalue weighted by Gasteiger charge is -2.21. The van der Waals surface area contributed by atoms with Crippen LogP contribution >= 0.6 is 0 Å². The predicted molar refractivity (Wildman–Crippen MR) is 88.8 cm³/mol. The second-order valence-corrected chi connectivity index (χ2v) is 6.49. The lowest BCUT2D eigenvalue weighted by Crippen LogP contribution is -3.16. The Kier molecular flexibility index (Phi) is 6.40. The summed E-state index contributed by atoms with van der Waals surface area (Å²) in [6, 6.07) is 15.7. The van der Waals surface area contributed by atoms with Crippen molar-refractivity contribution in [3.05, 3.63) is 71.3 Å². The standard InChI is InChI=1S/C19H23F3N2/c1-23(2)12-13-24(14-16-6-4-3-5-7-16)15-17-8-10-18(11-9-17)19(20,21)22/h3-11H,12-15H2,1-2H3/p+2. The smallest absolute Gasteiger partial charge is 0.335 e. The van der Waals surface area contributed by atoms with Crippen LogP contribution in [0.2, 0.25) is 0 Å². The maximum absolute atomic E-state index is 12.7. The number of quaternary nitrogens is 2. The molecule has 2 N–H and O–H groups in total. The summed E-state index contributed by atoms with van der Waals surface area (Å²) in [6.45, 7) is 3.58. The molecule has 2 aromatic rings. The van der Waals surface area contributed by atoms with Gasteiger partial charge in [-0.15, -0.1) is 0 Å². The number of hydrogen-bond donors (Lipinski definition) is 2. The first kappa shape index (κ1) is 18.5. The van der Waals surface area contributed by atoms with E-state index in [1.165, 1.54) is 27.5 Å². The Morgan fingerprint density at radius 3 is 1.79 bits per heavy atom. The molecule has 0 fully saturated rings. The molecule has 1 atom stereocenters. The highest BCUT2D eigenvalue weighted by molar-refractivity contribution is 5.24. The van der Waals surface area contributed by atoms with Crippen molar-refractivity contribution in [3.8, 4) is 0 Å². The van der Waals surface area contributed by atoms with Crippen molar-refractivity contribution >= 4 is 0 Å². The van der Waals surface area contributed by atoms with Crippen molar-refractivity contribution in [2.75, 3.05) is 27.2 Å². The zero-order valence-corrected chi connectivity index (χ0v) is 14.2. The minimum absolute atomic E-state index is 0.589. The van der Waals surface area contributed by atoms with Crippen molar-refractivity contribution in [1.82, 2.24) is 0 Å². The molecule has 0 aliphatic rings. The number of alkyl halides is 3. The van der Waals surface area contributed by atoms with Crippen LogP contribution in [0.4, 0.5) is 13.2 Å². The Hall–Kier alpha value is -1.85. The highest BCUT2D eigenvalue weighted by atomic mass is 19.4. The van der Waals surface area contributed by atoms with E-state index in [0.29, 0.717) is 0 Å². The largest absolute Gasteiger partial charge is 0.416 e. The van der Waals surface area contributed by atoms with Crippen molar-refractivity contribution in [3.63, 3.8) is 0 Å². The van der Waals surface area contributed by atoms with Crippen LogP contribution in [0.15, 0.2) is 54.6 Å². The minimum Gasteiger partial charge on any atom is -0.335 e. The molecule has 0 aromatic heterocycles. The van der Waals surface area contributed by atoms with Crippen molar-refractivity contribution in [2.45, 2.75) is 19.3 Å². The lowest BCUT2D eigenvalue weighted by atomic mass is 10.1. The van der Waals surface area contributed by atoms with Crippen LogP contribution < -0.4 is 9.80 Å². The molecule has 130 valence electrons. The van der Waals surface area contributed by atoms with Crippen LogP contribution in [-0.4, -0.2) is 27.2 Å². The number of rotatable bonds is 7. The van der Waals surface area contributed by atoms with E-state index in [9.17, 15) is 13.2 Å². The molecule has 0 amide bonds. The number of likely N-dealkylation sites (N-methyl/N-ethyl adjacent to an activating group) is 1. The van der Waals surface area contributed by atoms with Gasteiger partial charge in [-0.1, -0.05) is 42.5 Å². The molecule has 0 spiro atoms. The Labute approximate surface area is 141 Å². The van der Waals surface area contributed by atoms with Crippen LogP contribution in [0, 0.1) is 0 Å². The van der Waals surface area contributed by atoms with Gasteiger partial charge in [0.05, 0.1) is 19.7 Å². The van der Waals surface area contributed by atoms with E-state index in [1.54, 1.807) is 12.1 Å². The van der Waals surface area contributed by atoms with Gasteiger partial charge in [0.1, 0.15) is 26.2 Å². The molecular formula is C19H25F3N2+2. The second-order valence-electron chi connectivity index (χ2n) is 6.49. The molecule has 0 saturated carbocycles. The Morgan fingerprint density at radius 1 is 0.750 bits per heavy atom. The van der Waals surface area contributed by atoms with Crippen LogP contribution in [-0.2, 0) is 19.3 Å². The molecule has 24 heavy (non-hydrogen) atoms. The Bertz CT molecular complexity index is 607. The van der Waals surface area contributed by atoms with Gasteiger partial charge in [-0.2, -0.15) is 13.2 Å². The third-order valence-corrected chi connectivity index (χ3v) is 4.01. The summed E-state index contributed by atoms with van der Waals surface area (Å²) in [4.78, 5) is 2.72. The average molecular weight is 338 g/mol. The van der Waals surface area contributed by atoms with Crippen LogP contribution in [0.3, 0.4) is 0 Å². The molecule has 0 saturated heterocycles. The zero-order valence-electron chi connectivity index (χ0n) is 14.2. The summed E-state index contributed by atoms with van der Waals surface area (Å²) in [5.74, 6) is 0. The van der Waals surface area contributed by atoms with E-state index in [1.807, 2.05) is 18.2 Å². The first-order chi connectivity index (χ1) is 11.3. The second kappa shape index (κ2) is 8.31. The van der Waals surface area contributed by atoms with E-state index in [4.69, 9.17) is 0 Å². The van der Waals surface area contributed by atoms with Gasteiger partial charge in [-0.3, -0.25) is 0 Å². The van der Waals surface area contributed by atoms with Gasteiger partial charge in [0.2, 0.25) is 0 Å². The van der Waals surface area contributed by atoms with Crippen LogP contribution in [0.1, 0.15) is 16.7 Å². The number of nitrogens with one attached hydrogen (secondary N) is 2. The van der Waals surface area contributed by atoms with E-state index in [0.717, 1.165) is 31.7 Å². The summed E-state index contributed by atoms with van der Waals surface area (Å²) in [5.41, 5.74) is 1.59. The normalized spacial score (nSPS) is 13.2. The molecule has 0 aliphatic heterocycles. The van der Waals surface area contributed by atoms with Gasteiger partial charge < -0.3 is 9.80 Å². The summed E-state index contributed by atoms with van der Waals surface area (Å²) < 4.78 is 38.0. The molecule has 0 radical (unpaired) electrons. The van der Waals surface area contributed by atoms with Gasteiger partial charge in [0.15, 0.2) is 0 Å². The Morgan fingerprint density at radius 2 is 1.29 bits per heavy atom. The maximum atomic E-state index is 12.7. The molecule has 1 unspecified atom stereocenters. The van der Waals surface area contributed by atoms with Crippen molar-refractivity contribution in [2.24, 2.45) is 0 Å². The monoisotopic (exact) mass is 338 g/mol. The molecule has 0 aliphatic carbocycles. The molecule has 2 rings (SSSR count). The van der Waals surface area contributed by atoms with E-state index in [2.05, 4.69) is 26.2 Å². The average Bonchev–Trinajstić information content (AvgIpc) is 2.53. The Balaban J connectivity index is 2.06.